The summed E-state index contributed by atoms with van der Waals surface area (Å²) in [4.78, 5) is 7.11. The summed E-state index contributed by atoms with van der Waals surface area (Å²) in [6.45, 7) is 5.57. The lowest BCUT2D eigenvalue weighted by Crippen LogP contribution is -2.40. The molecule has 0 aliphatic carbocycles. The minimum atomic E-state index is -3.57. The smallest absolute Gasteiger partial charge is 0.243 e. The number of aryl methyl sites for hydroxylation is 1. The Kier molecular flexibility index (Phi) is 6.38. The molecule has 0 amide bonds. The largest absolute Gasteiger partial charge is 0.379 e. The molecular formula is C22H27FN4O3S. The van der Waals surface area contributed by atoms with Gasteiger partial charge >= 0.3 is 0 Å². The Morgan fingerprint density at radius 3 is 2.48 bits per heavy atom. The average Bonchev–Trinajstić information content (AvgIpc) is 3.11. The van der Waals surface area contributed by atoms with Gasteiger partial charge in [0.2, 0.25) is 10.0 Å². The van der Waals surface area contributed by atoms with Crippen molar-refractivity contribution in [3.05, 3.63) is 59.7 Å². The number of aromatic nitrogens is 2. The first-order valence-electron chi connectivity index (χ1n) is 10.4. The first kappa shape index (κ1) is 21.9. The predicted octanol–water partition coefficient (Wildman–Crippen LogP) is 2.85. The van der Waals surface area contributed by atoms with Crippen LogP contribution in [0.4, 0.5) is 4.39 Å². The minimum Gasteiger partial charge on any atom is -0.379 e. The molecule has 2 aromatic carbocycles. The Morgan fingerprint density at radius 2 is 1.81 bits per heavy atom. The Bertz CT molecular complexity index is 1160. The van der Waals surface area contributed by atoms with Crippen LogP contribution >= 0.6 is 0 Å². The molecule has 0 unspecified atom stereocenters. The second-order valence-electron chi connectivity index (χ2n) is 7.74. The molecule has 9 heteroatoms. The molecule has 0 spiro atoms. The van der Waals surface area contributed by atoms with E-state index in [0.717, 1.165) is 23.4 Å². The van der Waals surface area contributed by atoms with E-state index in [-0.39, 0.29) is 10.7 Å². The lowest BCUT2D eigenvalue weighted by atomic mass is 10.2. The third-order valence-corrected chi connectivity index (χ3v) is 7.39. The van der Waals surface area contributed by atoms with Gasteiger partial charge in [-0.15, -0.1) is 0 Å². The van der Waals surface area contributed by atoms with E-state index in [4.69, 9.17) is 9.72 Å². The highest BCUT2D eigenvalue weighted by Gasteiger charge is 2.27. The topological polar surface area (TPSA) is 67.7 Å². The zero-order valence-corrected chi connectivity index (χ0v) is 18.6. The van der Waals surface area contributed by atoms with Gasteiger partial charge in [-0.3, -0.25) is 4.90 Å². The van der Waals surface area contributed by atoms with Crippen molar-refractivity contribution < 1.29 is 17.5 Å². The van der Waals surface area contributed by atoms with Gasteiger partial charge < -0.3 is 9.30 Å². The van der Waals surface area contributed by atoms with Crippen molar-refractivity contribution in [1.29, 1.82) is 0 Å². The number of nitrogens with zero attached hydrogens (tertiary/aromatic N) is 4. The summed E-state index contributed by atoms with van der Waals surface area (Å²) in [5.74, 6) is 0.616. The highest BCUT2D eigenvalue weighted by atomic mass is 32.2. The second-order valence-corrected chi connectivity index (χ2v) is 9.68. The fourth-order valence-electron chi connectivity index (χ4n) is 3.93. The van der Waals surface area contributed by atoms with E-state index < -0.39 is 10.0 Å². The minimum absolute atomic E-state index is 0.248. The van der Waals surface area contributed by atoms with Crippen molar-refractivity contribution in [2.24, 2.45) is 0 Å². The molecule has 1 aromatic heterocycles. The van der Waals surface area contributed by atoms with Crippen LogP contribution < -0.4 is 0 Å². The van der Waals surface area contributed by atoms with Gasteiger partial charge in [-0.05, 0) is 49.9 Å². The van der Waals surface area contributed by atoms with Crippen molar-refractivity contribution >= 4 is 21.1 Å². The highest BCUT2D eigenvalue weighted by Crippen LogP contribution is 2.24. The van der Waals surface area contributed by atoms with E-state index in [1.807, 2.05) is 20.0 Å². The van der Waals surface area contributed by atoms with E-state index in [2.05, 4.69) is 9.47 Å². The molecule has 4 rings (SSSR count). The summed E-state index contributed by atoms with van der Waals surface area (Å²) in [6.07, 6.45) is 0. The van der Waals surface area contributed by atoms with Gasteiger partial charge in [0, 0.05) is 26.2 Å². The molecule has 0 atom stereocenters. The number of halogens is 1. The van der Waals surface area contributed by atoms with E-state index >= 15 is 0 Å². The van der Waals surface area contributed by atoms with Crippen molar-refractivity contribution in [2.45, 2.75) is 31.5 Å². The molecule has 0 radical (unpaired) electrons. The second kappa shape index (κ2) is 9.04. The van der Waals surface area contributed by atoms with E-state index in [1.54, 1.807) is 24.3 Å². The van der Waals surface area contributed by atoms with Gasteiger partial charge in [-0.25, -0.2) is 17.8 Å². The standard InChI is InChI=1S/C22H27FN4O3S/c1-3-27-21-9-8-19(31(28,29)26-10-12-30-13-11-26)14-20(21)24-22(27)16-25(2)15-17-4-6-18(23)7-5-17/h4-9,14H,3,10-13,15-16H2,1-2H3. The Hall–Kier alpha value is -2.33. The molecular weight excluding hydrogens is 419 g/mol. The SMILES string of the molecule is CCn1c(CN(C)Cc2ccc(F)cc2)nc2cc(S(=O)(=O)N3CCOCC3)ccc21. The number of ether oxygens (including phenoxy) is 1. The maximum Gasteiger partial charge on any atom is 0.243 e. The van der Waals surface area contributed by atoms with Crippen LogP contribution in [0.2, 0.25) is 0 Å². The monoisotopic (exact) mass is 446 g/mol. The van der Waals surface area contributed by atoms with Crippen LogP contribution in [0.5, 0.6) is 0 Å². The van der Waals surface area contributed by atoms with Crippen LogP contribution in [-0.2, 0) is 34.4 Å². The highest BCUT2D eigenvalue weighted by molar-refractivity contribution is 7.89. The molecule has 2 heterocycles. The molecule has 0 bridgehead atoms. The lowest BCUT2D eigenvalue weighted by molar-refractivity contribution is 0.0730. The molecule has 166 valence electrons. The Labute approximate surface area is 182 Å². The van der Waals surface area contributed by atoms with E-state index in [9.17, 15) is 12.8 Å². The van der Waals surface area contributed by atoms with Gasteiger partial charge in [0.25, 0.3) is 0 Å². The van der Waals surface area contributed by atoms with Gasteiger partial charge in [0.05, 0.1) is 35.7 Å². The fourth-order valence-corrected chi connectivity index (χ4v) is 5.36. The number of sulfonamides is 1. The van der Waals surface area contributed by atoms with Gasteiger partial charge in [-0.1, -0.05) is 12.1 Å². The molecule has 31 heavy (non-hydrogen) atoms. The molecule has 3 aromatic rings. The first-order chi connectivity index (χ1) is 14.9. The Balaban J connectivity index is 1.58. The number of imidazole rings is 1. The number of morpholine rings is 1. The maximum absolute atomic E-state index is 13.1. The quantitative estimate of drug-likeness (QED) is 0.558. The zero-order chi connectivity index (χ0) is 22.0. The van der Waals surface area contributed by atoms with Gasteiger partial charge in [0.15, 0.2) is 0 Å². The first-order valence-corrected chi connectivity index (χ1v) is 11.8. The normalized spacial score (nSPS) is 15.7. The van der Waals surface area contributed by atoms with Crippen LogP contribution in [0.1, 0.15) is 18.3 Å². The van der Waals surface area contributed by atoms with Gasteiger partial charge in [-0.2, -0.15) is 4.31 Å². The van der Waals surface area contributed by atoms with E-state index in [1.165, 1.54) is 16.4 Å². The molecule has 1 aliphatic heterocycles. The van der Waals surface area contributed by atoms with Crippen LogP contribution in [-0.4, -0.2) is 60.5 Å². The fraction of sp³-hybridized carbons (Fsp3) is 0.409. The number of fused-ring (bicyclic) bond motifs is 1. The molecule has 1 fully saturated rings. The van der Waals surface area contributed by atoms with Crippen LogP contribution in [0.15, 0.2) is 47.4 Å². The summed E-state index contributed by atoms with van der Waals surface area (Å²) in [6, 6.07) is 11.6. The maximum atomic E-state index is 13.1. The molecule has 0 N–H and O–H groups in total. The number of hydrogen-bond acceptors (Lipinski definition) is 5. The number of hydrogen-bond donors (Lipinski definition) is 0. The molecule has 7 nitrogen and oxygen atoms in total. The van der Waals surface area contributed by atoms with Crippen LogP contribution in [0.3, 0.4) is 0 Å². The predicted molar refractivity (Wildman–Crippen MR) is 117 cm³/mol. The zero-order valence-electron chi connectivity index (χ0n) is 17.8. The number of benzene rings is 2. The summed E-state index contributed by atoms with van der Waals surface area (Å²) >= 11 is 0. The molecule has 1 saturated heterocycles. The molecule has 0 saturated carbocycles. The summed E-state index contributed by atoms with van der Waals surface area (Å²) in [5, 5.41) is 0. The third-order valence-electron chi connectivity index (χ3n) is 5.50. The molecule has 1 aliphatic rings. The van der Waals surface area contributed by atoms with Crippen molar-refractivity contribution in [2.75, 3.05) is 33.4 Å². The summed E-state index contributed by atoms with van der Waals surface area (Å²) < 4.78 is 48.0. The lowest BCUT2D eigenvalue weighted by Gasteiger charge is -2.26. The summed E-state index contributed by atoms with van der Waals surface area (Å²) in [5.41, 5.74) is 2.59. The van der Waals surface area contributed by atoms with Crippen molar-refractivity contribution in [3.8, 4) is 0 Å². The van der Waals surface area contributed by atoms with E-state index in [0.29, 0.717) is 44.9 Å². The van der Waals surface area contributed by atoms with Crippen molar-refractivity contribution in [1.82, 2.24) is 18.8 Å². The van der Waals surface area contributed by atoms with Gasteiger partial charge in [0.1, 0.15) is 11.6 Å². The van der Waals surface area contributed by atoms with Crippen molar-refractivity contribution in [3.63, 3.8) is 0 Å². The third kappa shape index (κ3) is 4.64. The summed E-state index contributed by atoms with van der Waals surface area (Å²) in [7, 11) is -1.58. The van der Waals surface area contributed by atoms with Crippen LogP contribution in [0.25, 0.3) is 11.0 Å². The average molecular weight is 447 g/mol. The Morgan fingerprint density at radius 1 is 1.10 bits per heavy atom. The van der Waals surface area contributed by atoms with Crippen LogP contribution in [0, 0.1) is 5.82 Å². The number of rotatable bonds is 7.